The van der Waals surface area contributed by atoms with E-state index in [1.807, 2.05) is 6.92 Å². The number of likely N-dealkylation sites (N-methyl/N-ethyl adjacent to an activating group) is 1. The average Bonchev–Trinajstić information content (AvgIpc) is 2.50. The number of hydrogen-bond donors (Lipinski definition) is 0. The van der Waals surface area contributed by atoms with Crippen LogP contribution in [0.5, 0.6) is 0 Å². The lowest BCUT2D eigenvalue weighted by Gasteiger charge is -2.32. The Morgan fingerprint density at radius 1 is 0.950 bits per heavy atom. The van der Waals surface area contributed by atoms with Crippen molar-refractivity contribution in [3.63, 3.8) is 0 Å². The Morgan fingerprint density at radius 2 is 1.60 bits per heavy atom. The van der Waals surface area contributed by atoms with E-state index >= 15 is 0 Å². The molecule has 0 aliphatic heterocycles. The first-order valence-electron chi connectivity index (χ1n) is 8.17. The van der Waals surface area contributed by atoms with E-state index in [1.54, 1.807) is 16.8 Å². The van der Waals surface area contributed by atoms with Gasteiger partial charge in [0.1, 0.15) is 0 Å². The average molecular weight is 282 g/mol. The van der Waals surface area contributed by atoms with Gasteiger partial charge in [-0.1, -0.05) is 39.5 Å². The van der Waals surface area contributed by atoms with Gasteiger partial charge in [0.05, 0.1) is 0 Å². The van der Waals surface area contributed by atoms with E-state index < -0.39 is 0 Å². The first-order chi connectivity index (χ1) is 9.61. The number of carbonyl (C=O) groups excluding carboxylic acids is 2. The molecule has 1 saturated carbocycles. The zero-order valence-electron chi connectivity index (χ0n) is 13.4. The smallest absolute Gasteiger partial charge is 0.312 e. The summed E-state index contributed by atoms with van der Waals surface area (Å²) >= 11 is 0. The highest BCUT2D eigenvalue weighted by atomic mass is 16.2. The van der Waals surface area contributed by atoms with Gasteiger partial charge in [0.25, 0.3) is 0 Å². The van der Waals surface area contributed by atoms with E-state index in [9.17, 15) is 9.59 Å². The summed E-state index contributed by atoms with van der Waals surface area (Å²) in [5.74, 6) is -0.630. The Balaban J connectivity index is 2.59. The number of amides is 2. The summed E-state index contributed by atoms with van der Waals surface area (Å²) in [6.45, 7) is 5.53. The summed E-state index contributed by atoms with van der Waals surface area (Å²) in [4.78, 5) is 28.1. The molecule has 0 aromatic rings. The highest BCUT2D eigenvalue weighted by Crippen LogP contribution is 2.21. The fourth-order valence-corrected chi connectivity index (χ4v) is 2.85. The van der Waals surface area contributed by atoms with Crippen LogP contribution in [0.3, 0.4) is 0 Å². The molecule has 0 atom stereocenters. The van der Waals surface area contributed by atoms with Crippen molar-refractivity contribution in [3.8, 4) is 0 Å². The summed E-state index contributed by atoms with van der Waals surface area (Å²) in [5.41, 5.74) is 0. The molecule has 0 heterocycles. The maximum Gasteiger partial charge on any atom is 0.312 e. The van der Waals surface area contributed by atoms with E-state index in [1.165, 1.54) is 19.3 Å². The molecule has 0 bridgehead atoms. The number of hydrogen-bond acceptors (Lipinski definition) is 2. The quantitative estimate of drug-likeness (QED) is 0.703. The summed E-state index contributed by atoms with van der Waals surface area (Å²) in [6.07, 6.45) is 8.58. The standard InChI is InChI=1S/C16H30N2O2/c1-4-6-13-18(12-5-2)16(20)15(19)17(3)14-10-8-7-9-11-14/h14H,4-13H2,1-3H3. The van der Waals surface area contributed by atoms with Gasteiger partial charge < -0.3 is 9.80 Å². The molecule has 0 N–H and O–H groups in total. The van der Waals surface area contributed by atoms with Crippen LogP contribution in [0.15, 0.2) is 0 Å². The zero-order chi connectivity index (χ0) is 15.0. The van der Waals surface area contributed by atoms with Crippen molar-refractivity contribution in [2.24, 2.45) is 0 Å². The van der Waals surface area contributed by atoms with Crippen molar-refractivity contribution in [1.29, 1.82) is 0 Å². The molecule has 4 nitrogen and oxygen atoms in total. The van der Waals surface area contributed by atoms with Crippen molar-refractivity contribution in [1.82, 2.24) is 9.80 Å². The van der Waals surface area contributed by atoms with Crippen LogP contribution in [-0.4, -0.2) is 47.8 Å². The maximum absolute atomic E-state index is 12.4. The monoisotopic (exact) mass is 282 g/mol. The van der Waals surface area contributed by atoms with Gasteiger partial charge >= 0.3 is 11.8 Å². The minimum absolute atomic E-state index is 0.259. The first kappa shape index (κ1) is 17.0. The third-order valence-corrected chi connectivity index (χ3v) is 4.19. The Morgan fingerprint density at radius 3 is 2.15 bits per heavy atom. The Labute approximate surface area is 123 Å². The molecule has 2 amide bonds. The molecular weight excluding hydrogens is 252 g/mol. The van der Waals surface area contributed by atoms with Crippen molar-refractivity contribution in [2.45, 2.75) is 71.3 Å². The second-order valence-corrected chi connectivity index (χ2v) is 5.85. The van der Waals surface area contributed by atoms with Gasteiger partial charge in [0.15, 0.2) is 0 Å². The van der Waals surface area contributed by atoms with E-state index in [0.29, 0.717) is 13.1 Å². The minimum Gasteiger partial charge on any atom is -0.335 e. The number of unbranched alkanes of at least 4 members (excludes halogenated alkanes) is 1. The Bertz CT molecular complexity index is 300. The lowest BCUT2D eigenvalue weighted by molar-refractivity contribution is -0.152. The molecular formula is C16H30N2O2. The SMILES string of the molecule is CCCCN(CCC)C(=O)C(=O)N(C)C1CCCCC1. The lowest BCUT2D eigenvalue weighted by atomic mass is 9.94. The van der Waals surface area contributed by atoms with Crippen molar-refractivity contribution in [2.75, 3.05) is 20.1 Å². The molecule has 0 spiro atoms. The van der Waals surface area contributed by atoms with Crippen LogP contribution in [0, 0.1) is 0 Å². The summed E-state index contributed by atoms with van der Waals surface area (Å²) < 4.78 is 0. The van der Waals surface area contributed by atoms with Crippen molar-refractivity contribution in [3.05, 3.63) is 0 Å². The van der Waals surface area contributed by atoms with Crippen molar-refractivity contribution < 1.29 is 9.59 Å². The molecule has 1 fully saturated rings. The molecule has 1 aliphatic rings. The van der Waals surface area contributed by atoms with E-state index in [0.717, 1.165) is 32.1 Å². The second kappa shape index (κ2) is 8.98. The Hall–Kier alpha value is -1.06. The maximum atomic E-state index is 12.4. The largest absolute Gasteiger partial charge is 0.335 e. The summed E-state index contributed by atoms with van der Waals surface area (Å²) in [7, 11) is 1.79. The number of nitrogens with zero attached hydrogens (tertiary/aromatic N) is 2. The van der Waals surface area contributed by atoms with Gasteiger partial charge in [-0.05, 0) is 25.7 Å². The molecule has 0 aromatic heterocycles. The van der Waals surface area contributed by atoms with Gasteiger partial charge in [0, 0.05) is 26.2 Å². The van der Waals surface area contributed by atoms with Gasteiger partial charge in [-0.25, -0.2) is 0 Å². The van der Waals surface area contributed by atoms with Gasteiger partial charge in [0.2, 0.25) is 0 Å². The molecule has 116 valence electrons. The molecule has 1 rings (SSSR count). The number of carbonyl (C=O) groups is 2. The third kappa shape index (κ3) is 4.80. The van der Waals surface area contributed by atoms with Crippen LogP contribution < -0.4 is 0 Å². The van der Waals surface area contributed by atoms with E-state index in [2.05, 4.69) is 6.92 Å². The van der Waals surface area contributed by atoms with Crippen LogP contribution in [0.1, 0.15) is 65.2 Å². The Kier molecular flexibility index (Phi) is 7.63. The highest BCUT2D eigenvalue weighted by Gasteiger charge is 2.29. The van der Waals surface area contributed by atoms with E-state index in [-0.39, 0.29) is 17.9 Å². The van der Waals surface area contributed by atoms with Gasteiger partial charge in [-0.15, -0.1) is 0 Å². The lowest BCUT2D eigenvalue weighted by Crippen LogP contribution is -2.48. The topological polar surface area (TPSA) is 40.6 Å². The molecule has 0 saturated heterocycles. The molecule has 4 heteroatoms. The molecule has 0 unspecified atom stereocenters. The number of rotatable bonds is 6. The van der Waals surface area contributed by atoms with Gasteiger partial charge in [-0.2, -0.15) is 0 Å². The minimum atomic E-state index is -0.318. The molecule has 20 heavy (non-hydrogen) atoms. The fourth-order valence-electron chi connectivity index (χ4n) is 2.85. The first-order valence-corrected chi connectivity index (χ1v) is 8.17. The highest BCUT2D eigenvalue weighted by molar-refractivity contribution is 6.34. The van der Waals surface area contributed by atoms with Crippen LogP contribution in [0.25, 0.3) is 0 Å². The third-order valence-electron chi connectivity index (χ3n) is 4.19. The summed E-state index contributed by atoms with van der Waals surface area (Å²) in [5, 5.41) is 0. The fraction of sp³-hybridized carbons (Fsp3) is 0.875. The predicted octanol–water partition coefficient (Wildman–Crippen LogP) is 2.82. The second-order valence-electron chi connectivity index (χ2n) is 5.85. The molecule has 1 aliphatic carbocycles. The van der Waals surface area contributed by atoms with E-state index in [4.69, 9.17) is 0 Å². The molecule has 0 radical (unpaired) electrons. The zero-order valence-corrected chi connectivity index (χ0v) is 13.4. The summed E-state index contributed by atoms with van der Waals surface area (Å²) in [6, 6.07) is 0.259. The normalized spacial score (nSPS) is 15.9. The van der Waals surface area contributed by atoms with Crippen LogP contribution in [0.4, 0.5) is 0 Å². The van der Waals surface area contributed by atoms with Crippen LogP contribution in [-0.2, 0) is 9.59 Å². The van der Waals surface area contributed by atoms with Crippen LogP contribution >= 0.6 is 0 Å². The molecule has 0 aromatic carbocycles. The van der Waals surface area contributed by atoms with Crippen LogP contribution in [0.2, 0.25) is 0 Å². The van der Waals surface area contributed by atoms with Crippen molar-refractivity contribution >= 4 is 11.8 Å². The predicted molar refractivity (Wildman–Crippen MR) is 81.4 cm³/mol. The van der Waals surface area contributed by atoms with Gasteiger partial charge in [-0.3, -0.25) is 9.59 Å².